The molecule has 148 valence electrons. The molecule has 0 bridgehead atoms. The molecule has 0 spiro atoms. The summed E-state index contributed by atoms with van der Waals surface area (Å²) in [6.07, 6.45) is 9.15. The van der Waals surface area contributed by atoms with Crippen LogP contribution in [-0.4, -0.2) is 58.2 Å². The molecule has 7 amide bonds. The molecule has 27 heavy (non-hydrogen) atoms. The summed E-state index contributed by atoms with van der Waals surface area (Å²) < 4.78 is 0. The molecule has 3 rings (SSSR count). The Kier molecular flexibility index (Phi) is 6.08. The lowest BCUT2D eigenvalue weighted by Gasteiger charge is -2.28. The van der Waals surface area contributed by atoms with E-state index < -0.39 is 36.3 Å². The zero-order valence-corrected chi connectivity index (χ0v) is 15.4. The van der Waals surface area contributed by atoms with Gasteiger partial charge in [-0.3, -0.25) is 24.6 Å². The highest BCUT2D eigenvalue weighted by atomic mass is 16.2. The third kappa shape index (κ3) is 4.45. The number of hydrogen-bond acceptors (Lipinski definition) is 5. The molecule has 3 aliphatic rings. The van der Waals surface area contributed by atoms with Gasteiger partial charge in [0, 0.05) is 12.1 Å². The molecule has 0 atom stereocenters. The molecule has 0 aromatic carbocycles. The number of hydrogen-bond donors (Lipinski definition) is 2. The lowest BCUT2D eigenvalue weighted by atomic mass is 9.94. The maximum Gasteiger partial charge on any atom is 0.334 e. The van der Waals surface area contributed by atoms with Gasteiger partial charge in [-0.05, 0) is 25.7 Å². The molecule has 2 aliphatic carbocycles. The van der Waals surface area contributed by atoms with Crippen LogP contribution in [0.2, 0.25) is 0 Å². The molecule has 0 aromatic heterocycles. The molecule has 1 saturated heterocycles. The number of nitrogens with zero attached hydrogens (tertiary/aromatic N) is 2. The van der Waals surface area contributed by atoms with E-state index in [0.29, 0.717) is 17.7 Å². The summed E-state index contributed by atoms with van der Waals surface area (Å²) in [7, 11) is 0. The Morgan fingerprint density at radius 1 is 0.852 bits per heavy atom. The first-order chi connectivity index (χ1) is 13.0. The van der Waals surface area contributed by atoms with E-state index >= 15 is 0 Å². The minimum atomic E-state index is -1.01. The number of amides is 7. The first kappa shape index (κ1) is 19.3. The van der Waals surface area contributed by atoms with E-state index in [1.54, 1.807) is 0 Å². The Morgan fingerprint density at radius 2 is 1.44 bits per heavy atom. The van der Waals surface area contributed by atoms with Gasteiger partial charge in [0.1, 0.15) is 6.54 Å². The summed E-state index contributed by atoms with van der Waals surface area (Å²) in [5.41, 5.74) is 0. The second-order valence-electron chi connectivity index (χ2n) is 7.50. The summed E-state index contributed by atoms with van der Waals surface area (Å²) in [4.78, 5) is 62.4. The highest BCUT2D eigenvalue weighted by molar-refractivity contribution is 6.45. The van der Waals surface area contributed by atoms with Crippen LogP contribution in [0.5, 0.6) is 0 Å². The third-order valence-corrected chi connectivity index (χ3v) is 5.52. The molecule has 2 saturated carbocycles. The van der Waals surface area contributed by atoms with Crippen molar-refractivity contribution >= 4 is 29.8 Å². The summed E-state index contributed by atoms with van der Waals surface area (Å²) in [6, 6.07) is -1.66. The molecule has 9 heteroatoms. The average molecular weight is 378 g/mol. The number of rotatable bonds is 4. The molecule has 0 aromatic rings. The van der Waals surface area contributed by atoms with Gasteiger partial charge in [0.15, 0.2) is 0 Å². The van der Waals surface area contributed by atoms with Gasteiger partial charge in [0.05, 0.1) is 0 Å². The van der Waals surface area contributed by atoms with Crippen molar-refractivity contribution in [2.75, 3.05) is 6.54 Å². The van der Waals surface area contributed by atoms with E-state index in [9.17, 15) is 24.0 Å². The maximum absolute atomic E-state index is 12.5. The Bertz CT molecular complexity index is 638. The average Bonchev–Trinajstić information content (AvgIpc) is 2.86. The van der Waals surface area contributed by atoms with Crippen LogP contribution in [0.1, 0.15) is 64.2 Å². The Hall–Kier alpha value is -2.45. The van der Waals surface area contributed by atoms with E-state index in [1.807, 2.05) is 0 Å². The van der Waals surface area contributed by atoms with Crippen LogP contribution < -0.4 is 10.6 Å². The molecule has 1 aliphatic heterocycles. The second kappa shape index (κ2) is 8.49. The molecule has 0 radical (unpaired) electrons. The van der Waals surface area contributed by atoms with Gasteiger partial charge >= 0.3 is 23.9 Å². The van der Waals surface area contributed by atoms with Crippen molar-refractivity contribution in [2.45, 2.75) is 76.3 Å². The van der Waals surface area contributed by atoms with E-state index in [0.717, 1.165) is 56.3 Å². The fourth-order valence-corrected chi connectivity index (χ4v) is 4.10. The Morgan fingerprint density at radius 3 is 2.07 bits per heavy atom. The summed E-state index contributed by atoms with van der Waals surface area (Å²) in [5, 5.41) is 4.87. The SMILES string of the molecule is O=C(CN1C(=O)C(=O)N(C2CCCCC2)C1=O)NC(=O)NC1CCCCC1. The van der Waals surface area contributed by atoms with Crippen LogP contribution in [0.25, 0.3) is 0 Å². The monoisotopic (exact) mass is 378 g/mol. The van der Waals surface area contributed by atoms with E-state index in [4.69, 9.17) is 0 Å². The minimum Gasteiger partial charge on any atom is -0.335 e. The quantitative estimate of drug-likeness (QED) is 0.564. The van der Waals surface area contributed by atoms with Crippen molar-refractivity contribution in [3.05, 3.63) is 0 Å². The van der Waals surface area contributed by atoms with Crippen LogP contribution in [-0.2, 0) is 14.4 Å². The van der Waals surface area contributed by atoms with Gasteiger partial charge < -0.3 is 5.32 Å². The van der Waals surface area contributed by atoms with E-state index in [2.05, 4.69) is 10.6 Å². The fraction of sp³-hybridized carbons (Fsp3) is 0.722. The fourth-order valence-electron chi connectivity index (χ4n) is 4.10. The number of imide groups is 3. The molecular weight excluding hydrogens is 352 g/mol. The topological polar surface area (TPSA) is 116 Å². The molecular formula is C18H26N4O5. The minimum absolute atomic E-state index is 0.0324. The van der Waals surface area contributed by atoms with Gasteiger partial charge in [-0.1, -0.05) is 38.5 Å². The number of urea groups is 2. The standard InChI is InChI=1S/C18H26N4O5/c23-14(20-17(26)19-12-7-3-1-4-8-12)11-21-15(24)16(25)22(18(21)27)13-9-5-2-6-10-13/h12-13H,1-11H2,(H2,19,20,23,26). The van der Waals surface area contributed by atoms with Crippen LogP contribution >= 0.6 is 0 Å². The zero-order valence-electron chi connectivity index (χ0n) is 15.4. The van der Waals surface area contributed by atoms with Gasteiger partial charge in [-0.2, -0.15) is 0 Å². The Labute approximate surface area is 157 Å². The van der Waals surface area contributed by atoms with Crippen molar-refractivity contribution in [1.82, 2.24) is 20.4 Å². The number of carbonyl (C=O) groups excluding carboxylic acids is 5. The molecule has 0 unspecified atom stereocenters. The van der Waals surface area contributed by atoms with Gasteiger partial charge in [0.2, 0.25) is 5.91 Å². The first-order valence-electron chi connectivity index (χ1n) is 9.76. The van der Waals surface area contributed by atoms with Crippen LogP contribution in [0.4, 0.5) is 9.59 Å². The van der Waals surface area contributed by atoms with E-state index in [1.165, 1.54) is 0 Å². The predicted octanol–water partition coefficient (Wildman–Crippen LogP) is 1.27. The summed E-state index contributed by atoms with van der Waals surface area (Å²) >= 11 is 0. The summed E-state index contributed by atoms with van der Waals surface area (Å²) in [5.74, 6) is -2.68. The highest BCUT2D eigenvalue weighted by Gasteiger charge is 2.48. The van der Waals surface area contributed by atoms with Gasteiger partial charge in [-0.25, -0.2) is 14.5 Å². The summed E-state index contributed by atoms with van der Waals surface area (Å²) in [6.45, 7) is -0.634. The molecule has 1 heterocycles. The normalized spacial score (nSPS) is 22.3. The maximum atomic E-state index is 12.5. The van der Waals surface area contributed by atoms with E-state index in [-0.39, 0.29) is 12.1 Å². The van der Waals surface area contributed by atoms with Crippen molar-refractivity contribution in [1.29, 1.82) is 0 Å². The van der Waals surface area contributed by atoms with Crippen LogP contribution in [0.3, 0.4) is 0 Å². The highest BCUT2D eigenvalue weighted by Crippen LogP contribution is 2.26. The number of nitrogens with one attached hydrogen (secondary N) is 2. The van der Waals surface area contributed by atoms with Crippen LogP contribution in [0, 0.1) is 0 Å². The van der Waals surface area contributed by atoms with Gasteiger partial charge in [-0.15, -0.1) is 0 Å². The molecule has 9 nitrogen and oxygen atoms in total. The molecule has 3 fully saturated rings. The smallest absolute Gasteiger partial charge is 0.334 e. The predicted molar refractivity (Wildman–Crippen MR) is 94.4 cm³/mol. The largest absolute Gasteiger partial charge is 0.335 e. The third-order valence-electron chi connectivity index (χ3n) is 5.52. The number of carbonyl (C=O) groups is 5. The van der Waals surface area contributed by atoms with Gasteiger partial charge in [0.25, 0.3) is 0 Å². The van der Waals surface area contributed by atoms with Crippen molar-refractivity contribution < 1.29 is 24.0 Å². The second-order valence-corrected chi connectivity index (χ2v) is 7.50. The van der Waals surface area contributed by atoms with Crippen molar-refractivity contribution in [3.8, 4) is 0 Å². The van der Waals surface area contributed by atoms with Crippen molar-refractivity contribution in [2.24, 2.45) is 0 Å². The lowest BCUT2D eigenvalue weighted by molar-refractivity contribution is -0.144. The van der Waals surface area contributed by atoms with Crippen LogP contribution in [0.15, 0.2) is 0 Å². The van der Waals surface area contributed by atoms with Crippen molar-refractivity contribution in [3.63, 3.8) is 0 Å². The first-order valence-corrected chi connectivity index (χ1v) is 9.76. The zero-order chi connectivity index (χ0) is 19.4. The molecule has 2 N–H and O–H groups in total. The lowest BCUT2D eigenvalue weighted by Crippen LogP contribution is -2.49. The Balaban J connectivity index is 1.53.